The fraction of sp³-hybridized carbons (Fsp3) is 0.367. The number of β-lactam (4-membered cyclic amide) rings is 1. The number of carbonyl (C=O) groups is 7. The van der Waals surface area contributed by atoms with Crippen molar-refractivity contribution in [1.82, 2.24) is 15.2 Å². The molecule has 0 radical (unpaired) electrons. The Hall–Kier alpha value is -6.41. The predicted octanol–water partition coefficient (Wildman–Crippen LogP) is 0.577. The highest BCUT2D eigenvalue weighted by Gasteiger charge is 2.54. The number of hydrogen-bond acceptors (Lipinski definition) is 18. The molecule has 32 heteroatoms. The summed E-state index contributed by atoms with van der Waals surface area (Å²) in [5, 5.41) is 50.4. The molecular formula is C30H31F6N7O16S3. The lowest BCUT2D eigenvalue weighted by molar-refractivity contribution is -0.193. The lowest BCUT2D eigenvalue weighted by atomic mass is 10.0. The van der Waals surface area contributed by atoms with Crippen LogP contribution in [0.25, 0.3) is 0 Å². The van der Waals surface area contributed by atoms with Crippen LogP contribution >= 0.6 is 23.1 Å². The van der Waals surface area contributed by atoms with E-state index in [1.165, 1.54) is 25.3 Å². The largest absolute Gasteiger partial charge is 0.506 e. The van der Waals surface area contributed by atoms with Gasteiger partial charge in [-0.1, -0.05) is 5.16 Å². The number of carboxylic acids is 4. The fourth-order valence-corrected chi connectivity index (χ4v) is 6.95. The summed E-state index contributed by atoms with van der Waals surface area (Å²) in [6.45, 7) is 1.68. The number of thioether (sulfide) groups is 1. The average Bonchev–Trinajstić information content (AvgIpc) is 3.58. The number of phenolic OH excluding ortho intramolecular Hbond substituents is 1. The number of thiazole rings is 1. The first kappa shape index (κ1) is 51.7. The van der Waals surface area contributed by atoms with Crippen LogP contribution in [0.3, 0.4) is 0 Å². The molecule has 2 atom stereocenters. The van der Waals surface area contributed by atoms with E-state index < -0.39 is 111 Å². The maximum absolute atomic E-state index is 13.2. The number of carbonyl (C=O) groups excluding carboxylic acids is 3. The molecule has 342 valence electrons. The summed E-state index contributed by atoms with van der Waals surface area (Å²) < 4.78 is 94.7. The van der Waals surface area contributed by atoms with Crippen molar-refractivity contribution < 1.29 is 103 Å². The number of halogens is 6. The number of alkyl halides is 6. The molecule has 1 fully saturated rings. The summed E-state index contributed by atoms with van der Waals surface area (Å²) >= 11 is 2.04. The second-order valence-electron chi connectivity index (χ2n) is 12.2. The number of carboxylic acid groups (broad SMARTS) is 4. The second kappa shape index (κ2) is 20.4. The van der Waals surface area contributed by atoms with Crippen molar-refractivity contribution in [2.45, 2.75) is 43.2 Å². The number of sulfonamides is 1. The highest BCUT2D eigenvalue weighted by atomic mass is 32.2. The number of nitrogens with one attached hydrogen (secondary N) is 2. The van der Waals surface area contributed by atoms with Gasteiger partial charge in [-0.15, -0.1) is 23.1 Å². The number of nitrogens with two attached hydrogens (primary N) is 2. The van der Waals surface area contributed by atoms with Gasteiger partial charge in [0.25, 0.3) is 11.8 Å². The van der Waals surface area contributed by atoms with Gasteiger partial charge in [0.1, 0.15) is 35.2 Å². The van der Waals surface area contributed by atoms with Crippen LogP contribution < -0.4 is 21.5 Å². The molecule has 1 unspecified atom stereocenters. The molecule has 1 aromatic carbocycles. The minimum Gasteiger partial charge on any atom is -0.506 e. The van der Waals surface area contributed by atoms with Gasteiger partial charge in [0.15, 0.2) is 10.8 Å². The zero-order valence-electron chi connectivity index (χ0n) is 31.0. The van der Waals surface area contributed by atoms with E-state index in [1.54, 1.807) is 0 Å². The summed E-state index contributed by atoms with van der Waals surface area (Å²) in [7, 11) is -3.83. The highest BCUT2D eigenvalue weighted by molar-refractivity contribution is 8.00. The van der Waals surface area contributed by atoms with E-state index in [1.807, 2.05) is 0 Å². The molecule has 0 bridgehead atoms. The topological polar surface area (TPSA) is 378 Å². The maximum Gasteiger partial charge on any atom is 0.490 e. The second-order valence-corrected chi connectivity index (χ2v) is 16.0. The third kappa shape index (κ3) is 14.1. The molecule has 62 heavy (non-hydrogen) atoms. The standard InChI is InChI=1S/C26H29N7O12S3.2C2HF3O2/c1-26(2,24(40)41)45-31-16(14-10-47-25(28)29-14)19(35)30-17-20(36)33-18(22(37)38)12(9-46-21(17)33)8-44-23(39)11-3-4-13(15(34)7-11)32-48(42,43)6-5-27;2*3-2(4,5)1(6)7/h3-4,7,10,17,21,32,34H,5-6,8-9,27H2,1-2H3,(H2,28,29)(H,30,35)(H,37,38)(H,40,41);2*(H,6,7)/t17?,21-;;/m1../s1. The van der Waals surface area contributed by atoms with Gasteiger partial charge in [0.05, 0.1) is 17.0 Å². The average molecular weight is 956 g/mol. The number of anilines is 2. The third-order valence-electron chi connectivity index (χ3n) is 7.14. The quantitative estimate of drug-likeness (QED) is 0.0312. The number of aromatic hydroxyl groups is 1. The Bertz CT molecular complexity index is 2240. The van der Waals surface area contributed by atoms with E-state index in [-0.39, 0.29) is 39.9 Å². The molecule has 11 N–H and O–H groups in total. The molecule has 1 aromatic heterocycles. The minimum absolute atomic E-state index is 0.0255. The Morgan fingerprint density at radius 1 is 1.00 bits per heavy atom. The molecule has 0 aliphatic carbocycles. The molecule has 4 rings (SSSR count). The van der Waals surface area contributed by atoms with E-state index in [0.29, 0.717) is 0 Å². The van der Waals surface area contributed by atoms with Gasteiger partial charge in [0.2, 0.25) is 15.6 Å². The molecule has 0 saturated carbocycles. The third-order valence-corrected chi connectivity index (χ3v) is 10.5. The van der Waals surface area contributed by atoms with E-state index in [0.717, 1.165) is 40.1 Å². The van der Waals surface area contributed by atoms with Crippen LogP contribution in [-0.4, -0.2) is 145 Å². The molecular weight excluding hydrogens is 925 g/mol. The van der Waals surface area contributed by atoms with E-state index in [9.17, 15) is 74.1 Å². The Labute approximate surface area is 350 Å². The van der Waals surface area contributed by atoms with E-state index in [2.05, 4.69) is 20.2 Å². The van der Waals surface area contributed by atoms with Crippen LogP contribution in [0.2, 0.25) is 0 Å². The van der Waals surface area contributed by atoms with Gasteiger partial charge in [-0.05, 0) is 32.0 Å². The first-order valence-electron chi connectivity index (χ1n) is 16.1. The number of aliphatic carboxylic acids is 4. The number of fused-ring (bicyclic) bond motifs is 1. The van der Waals surface area contributed by atoms with Gasteiger partial charge in [0, 0.05) is 23.3 Å². The van der Waals surface area contributed by atoms with Crippen molar-refractivity contribution in [2.24, 2.45) is 10.9 Å². The minimum atomic E-state index is -5.08. The van der Waals surface area contributed by atoms with Gasteiger partial charge < -0.3 is 51.9 Å². The molecule has 0 spiro atoms. The smallest absolute Gasteiger partial charge is 0.490 e. The number of rotatable bonds is 14. The van der Waals surface area contributed by atoms with Crippen molar-refractivity contribution in [1.29, 1.82) is 0 Å². The number of esters is 1. The number of ether oxygens (including phenoxy) is 1. The zero-order valence-corrected chi connectivity index (χ0v) is 33.5. The van der Waals surface area contributed by atoms with Gasteiger partial charge in [-0.25, -0.2) is 37.4 Å². The Balaban J connectivity index is 0.000000811. The number of nitrogens with zero attached hydrogens (tertiary/aromatic N) is 3. The Morgan fingerprint density at radius 2 is 1.56 bits per heavy atom. The summed E-state index contributed by atoms with van der Waals surface area (Å²) in [6, 6.07) is 2.05. The number of nitrogen functional groups attached to an aromatic ring is 1. The lowest BCUT2D eigenvalue weighted by Gasteiger charge is -2.49. The first-order valence-corrected chi connectivity index (χ1v) is 19.6. The fourth-order valence-electron chi connectivity index (χ4n) is 4.16. The van der Waals surface area contributed by atoms with Crippen LogP contribution in [0.15, 0.2) is 40.0 Å². The normalized spacial score (nSPS) is 16.5. The van der Waals surface area contributed by atoms with Gasteiger partial charge >= 0.3 is 42.2 Å². The summed E-state index contributed by atoms with van der Waals surface area (Å²) in [5.41, 5.74) is 7.80. The number of oxime groups is 1. The summed E-state index contributed by atoms with van der Waals surface area (Å²) in [4.78, 5) is 90.5. The maximum atomic E-state index is 13.2. The lowest BCUT2D eigenvalue weighted by Crippen LogP contribution is -2.71. The summed E-state index contributed by atoms with van der Waals surface area (Å²) in [5.74, 6) is -12.1. The van der Waals surface area contributed by atoms with E-state index in [4.69, 9.17) is 40.8 Å². The molecule has 23 nitrogen and oxygen atoms in total. The first-order chi connectivity index (χ1) is 28.3. The van der Waals surface area contributed by atoms with Crippen molar-refractivity contribution in [2.75, 3.05) is 35.1 Å². The summed E-state index contributed by atoms with van der Waals surface area (Å²) in [6.07, 6.45) is -10.2. The van der Waals surface area contributed by atoms with Crippen molar-refractivity contribution in [3.63, 3.8) is 0 Å². The van der Waals surface area contributed by atoms with E-state index >= 15 is 0 Å². The monoisotopic (exact) mass is 955 g/mol. The van der Waals surface area contributed by atoms with Crippen LogP contribution in [0.1, 0.15) is 29.9 Å². The number of hydrogen-bond donors (Lipinski definition) is 9. The number of phenols is 1. The van der Waals surface area contributed by atoms with Crippen molar-refractivity contribution >= 4 is 91.3 Å². The molecule has 1 saturated heterocycles. The Kier molecular flexibility index (Phi) is 17.0. The SMILES string of the molecule is CC(C)(ON=C(C(=O)NC1C(=O)N2C(C(=O)O)=C(COC(=O)c3ccc(NS(=O)(=O)CCN)c(O)c3)CS[C@H]12)c1csc(N)n1)C(=O)O.O=C(O)C(F)(F)F.O=C(O)C(F)(F)F. The zero-order chi connectivity index (χ0) is 47.7. The molecule has 2 aliphatic rings. The molecule has 2 aliphatic heterocycles. The Morgan fingerprint density at radius 3 is 2.02 bits per heavy atom. The molecule has 2 aromatic rings. The molecule has 2 amide bonds. The van der Waals surface area contributed by atoms with Crippen molar-refractivity contribution in [3.8, 4) is 5.75 Å². The van der Waals surface area contributed by atoms with Gasteiger partial charge in [-0.3, -0.25) is 19.2 Å². The predicted molar refractivity (Wildman–Crippen MR) is 198 cm³/mol. The van der Waals surface area contributed by atoms with Gasteiger partial charge in [-0.2, -0.15) is 26.3 Å². The van der Waals surface area contributed by atoms with Crippen LogP contribution in [0.5, 0.6) is 5.75 Å². The van der Waals surface area contributed by atoms with Crippen LogP contribution in [-0.2, 0) is 48.4 Å². The number of amides is 2. The molecule has 3 heterocycles. The number of aromatic nitrogens is 1. The van der Waals surface area contributed by atoms with Crippen molar-refractivity contribution in [3.05, 3.63) is 46.1 Å². The highest BCUT2D eigenvalue weighted by Crippen LogP contribution is 2.40. The van der Waals surface area contributed by atoms with Crippen LogP contribution in [0.4, 0.5) is 37.2 Å². The van der Waals surface area contributed by atoms with Crippen LogP contribution in [0, 0.1) is 0 Å². The number of benzene rings is 1.